The van der Waals surface area contributed by atoms with Crippen LogP contribution in [0.5, 0.6) is 11.5 Å². The fourth-order valence-corrected chi connectivity index (χ4v) is 3.03. The zero-order valence-corrected chi connectivity index (χ0v) is 15.9. The molecule has 0 fully saturated rings. The molecule has 1 amide bonds. The van der Waals surface area contributed by atoms with Gasteiger partial charge in [0.1, 0.15) is 12.7 Å². The lowest BCUT2D eigenvalue weighted by Gasteiger charge is -2.29. The van der Waals surface area contributed by atoms with E-state index >= 15 is 0 Å². The minimum absolute atomic E-state index is 0.0691. The summed E-state index contributed by atoms with van der Waals surface area (Å²) < 4.78 is 11.6. The second kappa shape index (κ2) is 8.62. The number of benzene rings is 2. The third-order valence-corrected chi connectivity index (χ3v) is 4.57. The van der Waals surface area contributed by atoms with Crippen molar-refractivity contribution in [3.63, 3.8) is 0 Å². The summed E-state index contributed by atoms with van der Waals surface area (Å²) in [6.45, 7) is 1.75. The molecule has 0 spiro atoms. The number of nitrogens with one attached hydrogen (secondary N) is 1. The molecule has 0 saturated heterocycles. The van der Waals surface area contributed by atoms with Gasteiger partial charge in [-0.05, 0) is 37.4 Å². The number of carbonyl (C=O) groups excluding carboxylic acids is 1. The first-order chi connectivity index (χ1) is 12.5. The number of rotatable bonds is 6. The van der Waals surface area contributed by atoms with Crippen molar-refractivity contribution in [2.75, 3.05) is 32.1 Å². The van der Waals surface area contributed by atoms with E-state index in [9.17, 15) is 4.79 Å². The predicted molar refractivity (Wildman–Crippen MR) is 104 cm³/mol. The SMILES string of the molecule is CN(CCC(=O)Nc1cc(Cl)ccc1Cl)C[C@@H]1COc2ccccc2O1. The van der Waals surface area contributed by atoms with Crippen molar-refractivity contribution in [2.24, 2.45) is 0 Å². The highest BCUT2D eigenvalue weighted by Crippen LogP contribution is 2.31. The minimum Gasteiger partial charge on any atom is -0.486 e. The van der Waals surface area contributed by atoms with Crippen LogP contribution in [-0.4, -0.2) is 43.7 Å². The first-order valence-corrected chi connectivity index (χ1v) is 9.09. The second-order valence-corrected chi connectivity index (χ2v) is 7.03. The number of carbonyl (C=O) groups is 1. The quantitative estimate of drug-likeness (QED) is 0.801. The Bertz CT molecular complexity index is 785. The first-order valence-electron chi connectivity index (χ1n) is 8.33. The Morgan fingerprint density at radius 3 is 2.81 bits per heavy atom. The summed E-state index contributed by atoms with van der Waals surface area (Å²) in [5.74, 6) is 1.40. The van der Waals surface area contributed by atoms with E-state index in [-0.39, 0.29) is 12.0 Å². The van der Waals surface area contributed by atoms with Gasteiger partial charge in [0, 0.05) is 24.5 Å². The molecule has 3 rings (SSSR count). The molecule has 1 N–H and O–H groups in total. The molecule has 0 saturated carbocycles. The fraction of sp³-hybridized carbons (Fsp3) is 0.316. The Kier molecular flexibility index (Phi) is 6.25. The van der Waals surface area contributed by atoms with Gasteiger partial charge in [-0.2, -0.15) is 0 Å². The number of hydrogen-bond acceptors (Lipinski definition) is 4. The van der Waals surface area contributed by atoms with Crippen molar-refractivity contribution in [2.45, 2.75) is 12.5 Å². The third kappa shape index (κ3) is 5.04. The molecule has 0 unspecified atom stereocenters. The second-order valence-electron chi connectivity index (χ2n) is 6.18. The summed E-state index contributed by atoms with van der Waals surface area (Å²) in [6.07, 6.45) is 0.268. The Balaban J connectivity index is 1.45. The van der Waals surface area contributed by atoms with Crippen LogP contribution in [0, 0.1) is 0 Å². The smallest absolute Gasteiger partial charge is 0.225 e. The zero-order chi connectivity index (χ0) is 18.5. The van der Waals surface area contributed by atoms with Crippen LogP contribution in [0.1, 0.15) is 6.42 Å². The Morgan fingerprint density at radius 1 is 1.23 bits per heavy atom. The van der Waals surface area contributed by atoms with Crippen LogP contribution < -0.4 is 14.8 Å². The molecule has 1 aliphatic heterocycles. The van der Waals surface area contributed by atoms with E-state index in [0.717, 1.165) is 11.5 Å². The van der Waals surface area contributed by atoms with Crippen molar-refractivity contribution in [3.8, 4) is 11.5 Å². The molecule has 2 aromatic rings. The van der Waals surface area contributed by atoms with Gasteiger partial charge in [-0.1, -0.05) is 35.3 Å². The number of ether oxygens (including phenoxy) is 2. The van der Waals surface area contributed by atoms with Crippen molar-refractivity contribution in [3.05, 3.63) is 52.5 Å². The van der Waals surface area contributed by atoms with Crippen molar-refractivity contribution in [1.29, 1.82) is 0 Å². The van der Waals surface area contributed by atoms with Crippen molar-refractivity contribution in [1.82, 2.24) is 4.90 Å². The van der Waals surface area contributed by atoms with Crippen molar-refractivity contribution >= 4 is 34.8 Å². The van der Waals surface area contributed by atoms with Gasteiger partial charge in [-0.15, -0.1) is 0 Å². The Labute approximate surface area is 162 Å². The number of halogens is 2. The molecular weight excluding hydrogens is 375 g/mol. The summed E-state index contributed by atoms with van der Waals surface area (Å²) in [7, 11) is 1.95. The zero-order valence-electron chi connectivity index (χ0n) is 14.4. The lowest BCUT2D eigenvalue weighted by molar-refractivity contribution is -0.116. The molecule has 1 aliphatic rings. The molecule has 1 atom stereocenters. The maximum absolute atomic E-state index is 12.1. The summed E-state index contributed by atoms with van der Waals surface area (Å²) in [5, 5.41) is 3.77. The van der Waals surface area contributed by atoms with E-state index in [1.54, 1.807) is 18.2 Å². The number of nitrogens with zero attached hydrogens (tertiary/aromatic N) is 1. The third-order valence-electron chi connectivity index (χ3n) is 4.01. The normalized spacial score (nSPS) is 15.8. The van der Waals surface area contributed by atoms with Crippen molar-refractivity contribution < 1.29 is 14.3 Å². The highest BCUT2D eigenvalue weighted by Gasteiger charge is 2.22. The van der Waals surface area contributed by atoms with Crippen LogP contribution in [0.3, 0.4) is 0 Å². The number of amides is 1. The molecule has 0 radical (unpaired) electrons. The van der Waals surface area contributed by atoms with Gasteiger partial charge in [0.15, 0.2) is 11.5 Å². The molecular formula is C19H20Cl2N2O3. The lowest BCUT2D eigenvalue weighted by Crippen LogP contribution is -2.40. The van der Waals surface area contributed by atoms with Crippen LogP contribution in [0.25, 0.3) is 0 Å². The van der Waals surface area contributed by atoms with Crippen LogP contribution in [0.15, 0.2) is 42.5 Å². The van der Waals surface area contributed by atoms with Gasteiger partial charge in [-0.25, -0.2) is 0 Å². The van der Waals surface area contributed by atoms with Gasteiger partial charge in [0.25, 0.3) is 0 Å². The summed E-state index contributed by atoms with van der Waals surface area (Å²) >= 11 is 12.0. The molecule has 7 heteroatoms. The standard InChI is InChI=1S/C19H20Cl2N2O3/c1-23(11-14-12-25-17-4-2-3-5-18(17)26-14)9-8-19(24)22-16-10-13(20)6-7-15(16)21/h2-7,10,14H,8-9,11-12H2,1H3,(H,22,24)/t14-/m1/s1. The molecule has 1 heterocycles. The molecule has 0 aliphatic carbocycles. The predicted octanol–water partition coefficient (Wildman–Crippen LogP) is 4.09. The van der Waals surface area contributed by atoms with Gasteiger partial charge in [0.05, 0.1) is 10.7 Å². The van der Waals surface area contributed by atoms with E-state index in [1.807, 2.05) is 36.2 Å². The number of anilines is 1. The topological polar surface area (TPSA) is 50.8 Å². The van der Waals surface area contributed by atoms with Crippen LogP contribution in [-0.2, 0) is 4.79 Å². The van der Waals surface area contributed by atoms with Crippen LogP contribution in [0.4, 0.5) is 5.69 Å². The maximum atomic E-state index is 12.1. The molecule has 0 bridgehead atoms. The van der Waals surface area contributed by atoms with Crippen LogP contribution >= 0.6 is 23.2 Å². The monoisotopic (exact) mass is 394 g/mol. The number of hydrogen-bond donors (Lipinski definition) is 1. The van der Waals surface area contributed by atoms with Gasteiger partial charge in [0.2, 0.25) is 5.91 Å². The summed E-state index contributed by atoms with van der Waals surface area (Å²) in [6, 6.07) is 12.6. The fourth-order valence-electron chi connectivity index (χ4n) is 2.69. The first kappa shape index (κ1) is 18.8. The van der Waals surface area contributed by atoms with E-state index in [1.165, 1.54) is 0 Å². The lowest BCUT2D eigenvalue weighted by atomic mass is 10.2. The molecule has 5 nitrogen and oxygen atoms in total. The van der Waals surface area contributed by atoms with Gasteiger partial charge < -0.3 is 19.7 Å². The highest BCUT2D eigenvalue weighted by atomic mass is 35.5. The minimum atomic E-state index is -0.118. The van der Waals surface area contributed by atoms with E-state index in [2.05, 4.69) is 5.32 Å². The van der Waals surface area contributed by atoms with E-state index < -0.39 is 0 Å². The maximum Gasteiger partial charge on any atom is 0.225 e. The molecule has 2 aromatic carbocycles. The molecule has 26 heavy (non-hydrogen) atoms. The largest absolute Gasteiger partial charge is 0.486 e. The Morgan fingerprint density at radius 2 is 2.00 bits per heavy atom. The average molecular weight is 395 g/mol. The summed E-state index contributed by atoms with van der Waals surface area (Å²) in [4.78, 5) is 14.2. The van der Waals surface area contributed by atoms with E-state index in [0.29, 0.717) is 41.8 Å². The average Bonchev–Trinajstić information content (AvgIpc) is 2.63. The number of fused-ring (bicyclic) bond motifs is 1. The summed E-state index contributed by atoms with van der Waals surface area (Å²) in [5.41, 5.74) is 0.521. The number of likely N-dealkylation sites (N-methyl/N-ethyl adjacent to an activating group) is 1. The molecule has 0 aromatic heterocycles. The Hall–Kier alpha value is -1.95. The van der Waals surface area contributed by atoms with E-state index in [4.69, 9.17) is 32.7 Å². The number of para-hydroxylation sites is 2. The van der Waals surface area contributed by atoms with Gasteiger partial charge in [-0.3, -0.25) is 4.79 Å². The van der Waals surface area contributed by atoms with Gasteiger partial charge >= 0.3 is 0 Å². The van der Waals surface area contributed by atoms with Crippen LogP contribution in [0.2, 0.25) is 10.0 Å². The highest BCUT2D eigenvalue weighted by molar-refractivity contribution is 6.35. The molecule has 138 valence electrons.